The number of hydrogen-bond acceptors (Lipinski definition) is 5. The minimum Gasteiger partial charge on any atom is -0.496 e. The van der Waals surface area contributed by atoms with E-state index in [1.54, 1.807) is 23.8 Å². The molecule has 0 saturated carbocycles. The topological polar surface area (TPSA) is 53.6 Å². The lowest BCUT2D eigenvalue weighted by molar-refractivity contribution is -0.905. The number of benzene rings is 1. The van der Waals surface area contributed by atoms with Gasteiger partial charge in [-0.05, 0) is 12.1 Å². The molecule has 1 aromatic carbocycles. The Labute approximate surface area is 140 Å². The summed E-state index contributed by atoms with van der Waals surface area (Å²) in [6.45, 7) is 5.09. The van der Waals surface area contributed by atoms with Crippen LogP contribution in [-0.2, 0) is 11.8 Å². The summed E-state index contributed by atoms with van der Waals surface area (Å²) in [6, 6.07) is 7.90. The Balaban J connectivity index is 1.64. The summed E-state index contributed by atoms with van der Waals surface area (Å²) in [4.78, 5) is 1.61. The van der Waals surface area contributed by atoms with Gasteiger partial charge >= 0.3 is 0 Å². The Morgan fingerprint density at radius 1 is 1.26 bits per heavy atom. The normalized spacial score (nSPS) is 15.7. The third-order valence-electron chi connectivity index (χ3n) is 4.07. The van der Waals surface area contributed by atoms with Crippen LogP contribution in [0.4, 0.5) is 0 Å². The summed E-state index contributed by atoms with van der Waals surface area (Å²) in [5.41, 5.74) is 0.968. The Morgan fingerprint density at radius 3 is 2.83 bits per heavy atom. The van der Waals surface area contributed by atoms with Crippen molar-refractivity contribution in [1.29, 1.82) is 0 Å². The predicted molar refractivity (Wildman–Crippen MR) is 90.1 cm³/mol. The lowest BCUT2D eigenvalue weighted by atomic mass is 10.2. The number of morpholine rings is 1. The van der Waals surface area contributed by atoms with Crippen LogP contribution in [-0.4, -0.2) is 60.5 Å². The van der Waals surface area contributed by atoms with Crippen LogP contribution in [0.1, 0.15) is 0 Å². The molecular weight excluding hydrogens is 312 g/mol. The first-order valence-corrected chi connectivity index (χ1v) is 8.85. The van der Waals surface area contributed by atoms with Gasteiger partial charge < -0.3 is 18.9 Å². The molecule has 7 heteroatoms. The van der Waals surface area contributed by atoms with Crippen molar-refractivity contribution in [3.8, 4) is 17.1 Å². The average Bonchev–Trinajstić information content (AvgIpc) is 2.96. The number of nitrogens with one attached hydrogen (secondary N) is 1. The van der Waals surface area contributed by atoms with Crippen molar-refractivity contribution in [1.82, 2.24) is 14.8 Å². The van der Waals surface area contributed by atoms with Crippen molar-refractivity contribution in [2.24, 2.45) is 7.05 Å². The molecule has 1 aliphatic rings. The number of para-hydroxylation sites is 1. The van der Waals surface area contributed by atoms with Gasteiger partial charge in [-0.1, -0.05) is 23.9 Å². The second kappa shape index (κ2) is 7.81. The van der Waals surface area contributed by atoms with Gasteiger partial charge in [0.1, 0.15) is 18.8 Å². The summed E-state index contributed by atoms with van der Waals surface area (Å²) < 4.78 is 12.9. The van der Waals surface area contributed by atoms with Crippen molar-refractivity contribution in [2.45, 2.75) is 5.16 Å². The summed E-state index contributed by atoms with van der Waals surface area (Å²) >= 11 is 1.76. The number of quaternary nitrogens is 1. The van der Waals surface area contributed by atoms with Gasteiger partial charge in [0.25, 0.3) is 0 Å². The van der Waals surface area contributed by atoms with E-state index >= 15 is 0 Å². The molecule has 1 saturated heterocycles. The van der Waals surface area contributed by atoms with Gasteiger partial charge in [0.05, 0.1) is 38.2 Å². The van der Waals surface area contributed by atoms with Crippen molar-refractivity contribution in [3.05, 3.63) is 24.3 Å². The summed E-state index contributed by atoms with van der Waals surface area (Å²) in [5, 5.41) is 9.63. The molecule has 23 heavy (non-hydrogen) atoms. The summed E-state index contributed by atoms with van der Waals surface area (Å²) in [7, 11) is 3.68. The molecule has 0 radical (unpaired) electrons. The molecular formula is C16H23N4O2S+. The molecule has 0 spiro atoms. The van der Waals surface area contributed by atoms with Crippen LogP contribution in [0.25, 0.3) is 11.4 Å². The van der Waals surface area contributed by atoms with Gasteiger partial charge in [0.2, 0.25) is 0 Å². The number of nitrogens with zero attached hydrogens (tertiary/aromatic N) is 3. The monoisotopic (exact) mass is 335 g/mol. The highest BCUT2D eigenvalue weighted by molar-refractivity contribution is 7.99. The zero-order valence-electron chi connectivity index (χ0n) is 13.6. The van der Waals surface area contributed by atoms with E-state index in [2.05, 4.69) is 10.2 Å². The molecule has 1 aromatic heterocycles. The SMILES string of the molecule is COc1ccccc1-c1nnc(SCC[NH+]2CCOCC2)n1C. The fraction of sp³-hybridized carbons (Fsp3) is 0.500. The minimum absolute atomic E-state index is 0.817. The highest BCUT2D eigenvalue weighted by Gasteiger charge is 2.17. The second-order valence-electron chi connectivity index (χ2n) is 5.53. The number of hydrogen-bond donors (Lipinski definition) is 1. The zero-order chi connectivity index (χ0) is 16.1. The first-order valence-electron chi connectivity index (χ1n) is 7.86. The fourth-order valence-electron chi connectivity index (χ4n) is 2.70. The smallest absolute Gasteiger partial charge is 0.191 e. The Bertz CT molecular complexity index is 641. The standard InChI is InChI=1S/C16H22N4O2S/c1-19-15(13-5-3-4-6-14(13)21-2)17-18-16(19)23-12-9-20-7-10-22-11-8-20/h3-6H,7-12H2,1-2H3/p+1. The van der Waals surface area contributed by atoms with E-state index in [0.717, 1.165) is 60.9 Å². The third kappa shape index (κ3) is 3.85. The van der Waals surface area contributed by atoms with E-state index in [4.69, 9.17) is 9.47 Å². The molecule has 1 fully saturated rings. The van der Waals surface area contributed by atoms with Crippen LogP contribution in [0.3, 0.4) is 0 Å². The molecule has 1 aliphatic heterocycles. The molecule has 6 nitrogen and oxygen atoms in total. The van der Waals surface area contributed by atoms with Gasteiger partial charge in [-0.3, -0.25) is 0 Å². The fourth-order valence-corrected chi connectivity index (χ4v) is 3.65. The molecule has 0 atom stereocenters. The molecule has 0 unspecified atom stereocenters. The van der Waals surface area contributed by atoms with E-state index in [-0.39, 0.29) is 0 Å². The van der Waals surface area contributed by atoms with E-state index in [9.17, 15) is 0 Å². The van der Waals surface area contributed by atoms with Crippen LogP contribution >= 0.6 is 11.8 Å². The van der Waals surface area contributed by atoms with Crippen LogP contribution < -0.4 is 9.64 Å². The summed E-state index contributed by atoms with van der Waals surface area (Å²) in [5.74, 6) is 2.69. The molecule has 0 aliphatic carbocycles. The Morgan fingerprint density at radius 2 is 2.04 bits per heavy atom. The van der Waals surface area contributed by atoms with E-state index in [1.807, 2.05) is 35.9 Å². The van der Waals surface area contributed by atoms with Gasteiger partial charge in [-0.2, -0.15) is 0 Å². The largest absolute Gasteiger partial charge is 0.496 e. The maximum absolute atomic E-state index is 5.42. The summed E-state index contributed by atoms with van der Waals surface area (Å²) in [6.07, 6.45) is 0. The molecule has 0 bridgehead atoms. The van der Waals surface area contributed by atoms with Gasteiger partial charge in [0, 0.05) is 7.05 Å². The minimum atomic E-state index is 0.817. The van der Waals surface area contributed by atoms with E-state index in [0.29, 0.717) is 0 Å². The zero-order valence-corrected chi connectivity index (χ0v) is 14.4. The molecule has 2 aromatic rings. The Kier molecular flexibility index (Phi) is 5.53. The lowest BCUT2D eigenvalue weighted by Gasteiger charge is -2.23. The van der Waals surface area contributed by atoms with Crippen LogP contribution in [0.5, 0.6) is 5.75 Å². The van der Waals surface area contributed by atoms with Gasteiger partial charge in [0.15, 0.2) is 11.0 Å². The maximum Gasteiger partial charge on any atom is 0.191 e. The number of methoxy groups -OCH3 is 1. The second-order valence-corrected chi connectivity index (χ2v) is 6.59. The number of aromatic nitrogens is 3. The number of ether oxygens (including phenoxy) is 2. The van der Waals surface area contributed by atoms with Crippen LogP contribution in [0, 0.1) is 0 Å². The van der Waals surface area contributed by atoms with Gasteiger partial charge in [-0.15, -0.1) is 10.2 Å². The van der Waals surface area contributed by atoms with Gasteiger partial charge in [-0.25, -0.2) is 0 Å². The Hall–Kier alpha value is -1.57. The van der Waals surface area contributed by atoms with Crippen molar-refractivity contribution < 1.29 is 14.4 Å². The maximum atomic E-state index is 5.42. The highest BCUT2D eigenvalue weighted by atomic mass is 32.2. The van der Waals surface area contributed by atoms with Crippen molar-refractivity contribution in [3.63, 3.8) is 0 Å². The van der Waals surface area contributed by atoms with E-state index in [1.165, 1.54) is 0 Å². The van der Waals surface area contributed by atoms with Crippen LogP contribution in [0.15, 0.2) is 29.4 Å². The molecule has 3 rings (SSSR count). The molecule has 0 amide bonds. The molecule has 2 heterocycles. The number of rotatable bonds is 6. The quantitative estimate of drug-likeness (QED) is 0.779. The lowest BCUT2D eigenvalue weighted by Crippen LogP contribution is -3.14. The molecule has 124 valence electrons. The first-order chi connectivity index (χ1) is 11.3. The van der Waals surface area contributed by atoms with Crippen LogP contribution in [0.2, 0.25) is 0 Å². The van der Waals surface area contributed by atoms with Crippen molar-refractivity contribution >= 4 is 11.8 Å². The average molecular weight is 335 g/mol. The molecule has 1 N–H and O–H groups in total. The van der Waals surface area contributed by atoms with Crippen molar-refractivity contribution in [2.75, 3.05) is 45.7 Å². The predicted octanol–water partition coefficient (Wildman–Crippen LogP) is 0.498. The van der Waals surface area contributed by atoms with E-state index < -0.39 is 0 Å². The number of thioether (sulfide) groups is 1. The third-order valence-corrected chi connectivity index (χ3v) is 5.09. The highest BCUT2D eigenvalue weighted by Crippen LogP contribution is 2.29. The first kappa shape index (κ1) is 16.3.